The first-order chi connectivity index (χ1) is 17.3. The lowest BCUT2D eigenvalue weighted by Crippen LogP contribution is -2.29. The molecule has 3 heterocycles. The number of hydrogen-bond donors (Lipinski definition) is 3. The smallest absolute Gasteiger partial charge is 0.273 e. The molecular weight excluding hydrogens is 452 g/mol. The van der Waals surface area contributed by atoms with Gasteiger partial charge in [-0.15, -0.1) is 5.10 Å². The van der Waals surface area contributed by atoms with Gasteiger partial charge in [0.05, 0.1) is 29.2 Å². The first kappa shape index (κ1) is 23.7. The molecule has 5 rings (SSSR count). The second kappa shape index (κ2) is 9.56. The molecule has 186 valence electrons. The highest BCUT2D eigenvalue weighted by Gasteiger charge is 2.24. The van der Waals surface area contributed by atoms with Crippen LogP contribution < -0.4 is 10.6 Å². The summed E-state index contributed by atoms with van der Waals surface area (Å²) in [4.78, 5) is 17.5. The van der Waals surface area contributed by atoms with Gasteiger partial charge in [0.2, 0.25) is 0 Å². The molecule has 3 N–H and O–H groups in total. The van der Waals surface area contributed by atoms with E-state index in [0.717, 1.165) is 54.0 Å². The van der Waals surface area contributed by atoms with Crippen LogP contribution >= 0.6 is 0 Å². The molecule has 36 heavy (non-hydrogen) atoms. The van der Waals surface area contributed by atoms with Crippen LogP contribution in [0.3, 0.4) is 0 Å². The number of rotatable bonds is 5. The van der Waals surface area contributed by atoms with Crippen molar-refractivity contribution in [1.82, 2.24) is 35.5 Å². The number of aromatic amines is 1. The van der Waals surface area contributed by atoms with Gasteiger partial charge in [-0.05, 0) is 81.3 Å². The predicted molar refractivity (Wildman–Crippen MR) is 139 cm³/mol. The molecule has 1 aromatic carbocycles. The molecule has 0 saturated carbocycles. The second-order valence-corrected chi connectivity index (χ2v) is 10.3. The van der Waals surface area contributed by atoms with Crippen LogP contribution in [0.1, 0.15) is 73.4 Å². The number of carbonyl (C=O) groups is 1. The second-order valence-electron chi connectivity index (χ2n) is 10.3. The third-order valence-electron chi connectivity index (χ3n) is 6.61. The van der Waals surface area contributed by atoms with Crippen LogP contribution in [0, 0.1) is 6.92 Å². The minimum atomic E-state index is -0.226. The van der Waals surface area contributed by atoms with E-state index in [2.05, 4.69) is 54.3 Å². The van der Waals surface area contributed by atoms with Crippen LogP contribution in [0.15, 0.2) is 48.9 Å². The highest BCUT2D eigenvalue weighted by molar-refractivity contribution is 5.92. The van der Waals surface area contributed by atoms with Gasteiger partial charge in [-0.3, -0.25) is 9.89 Å². The summed E-state index contributed by atoms with van der Waals surface area (Å²) in [5, 5.41) is 21.8. The summed E-state index contributed by atoms with van der Waals surface area (Å²) in [5.41, 5.74) is 6.57. The molecule has 0 spiro atoms. The van der Waals surface area contributed by atoms with Crippen molar-refractivity contribution in [2.45, 2.75) is 65.0 Å². The van der Waals surface area contributed by atoms with Gasteiger partial charge in [0.25, 0.3) is 5.91 Å². The monoisotopic (exact) mass is 484 g/mol. The molecule has 9 nitrogen and oxygen atoms in total. The standard InChI is InChI=1S/C27H32N8O/c1-17-23(15-29-32-17)30-25-14-19(11-12-28-25)18-9-10-21-20(13-18)7-5-6-8-22(21)31-26(36)24-16-35(34-33-24)27(2,3)4/h9-16,22H,5-8H2,1-4H3,(H,28,30)(H,29,32)(H,31,36)/t22-/m1/s1. The number of carbonyl (C=O) groups excluding carboxylic acids is 1. The van der Waals surface area contributed by atoms with Crippen molar-refractivity contribution < 1.29 is 4.79 Å². The summed E-state index contributed by atoms with van der Waals surface area (Å²) in [7, 11) is 0. The number of benzene rings is 1. The third kappa shape index (κ3) is 5.00. The lowest BCUT2D eigenvalue weighted by atomic mass is 9.94. The number of nitrogens with one attached hydrogen (secondary N) is 3. The quantitative estimate of drug-likeness (QED) is 0.341. The van der Waals surface area contributed by atoms with E-state index in [1.807, 2.05) is 52.2 Å². The van der Waals surface area contributed by atoms with E-state index in [4.69, 9.17) is 0 Å². The van der Waals surface area contributed by atoms with E-state index in [0.29, 0.717) is 5.69 Å². The van der Waals surface area contributed by atoms with Crippen molar-refractivity contribution >= 4 is 17.4 Å². The molecular formula is C27H32N8O. The van der Waals surface area contributed by atoms with Gasteiger partial charge in [0, 0.05) is 12.4 Å². The number of amides is 1. The van der Waals surface area contributed by atoms with E-state index < -0.39 is 0 Å². The molecule has 0 bridgehead atoms. The molecule has 0 saturated heterocycles. The number of fused-ring (bicyclic) bond motifs is 1. The Morgan fingerprint density at radius 2 is 1.97 bits per heavy atom. The number of hydrogen-bond acceptors (Lipinski definition) is 6. The molecule has 3 aromatic heterocycles. The van der Waals surface area contributed by atoms with Crippen molar-refractivity contribution in [2.24, 2.45) is 0 Å². The topological polar surface area (TPSA) is 113 Å². The van der Waals surface area contributed by atoms with Crippen molar-refractivity contribution in [2.75, 3.05) is 5.32 Å². The first-order valence-corrected chi connectivity index (χ1v) is 12.4. The van der Waals surface area contributed by atoms with Gasteiger partial charge < -0.3 is 10.6 Å². The van der Waals surface area contributed by atoms with E-state index in [-0.39, 0.29) is 17.5 Å². The fourth-order valence-corrected chi connectivity index (χ4v) is 4.54. The van der Waals surface area contributed by atoms with Crippen LogP contribution in [-0.2, 0) is 12.0 Å². The molecule has 1 atom stereocenters. The molecule has 9 heteroatoms. The summed E-state index contributed by atoms with van der Waals surface area (Å²) < 4.78 is 1.72. The maximum absolute atomic E-state index is 13.0. The highest BCUT2D eigenvalue weighted by Crippen LogP contribution is 2.33. The zero-order chi connectivity index (χ0) is 25.3. The number of aryl methyl sites for hydroxylation is 2. The Bertz CT molecular complexity index is 1380. The van der Waals surface area contributed by atoms with Gasteiger partial charge in [0.1, 0.15) is 5.82 Å². The summed E-state index contributed by atoms with van der Waals surface area (Å²) in [6, 6.07) is 10.5. The maximum atomic E-state index is 13.0. The van der Waals surface area contributed by atoms with Gasteiger partial charge in [-0.1, -0.05) is 29.8 Å². The van der Waals surface area contributed by atoms with E-state index >= 15 is 0 Å². The lowest BCUT2D eigenvalue weighted by molar-refractivity contribution is 0.0929. The Morgan fingerprint density at radius 1 is 1.14 bits per heavy atom. The Hall–Kier alpha value is -4.01. The number of H-pyrrole nitrogens is 1. The van der Waals surface area contributed by atoms with Gasteiger partial charge in [-0.25, -0.2) is 9.67 Å². The number of aromatic nitrogens is 6. The van der Waals surface area contributed by atoms with Crippen LogP contribution in [0.5, 0.6) is 0 Å². The van der Waals surface area contributed by atoms with Crippen molar-refractivity contribution in [3.05, 3.63) is 71.4 Å². The van der Waals surface area contributed by atoms with Gasteiger partial charge in [0.15, 0.2) is 5.69 Å². The average Bonchev–Trinajstić information content (AvgIpc) is 3.46. The number of pyridine rings is 1. The molecule has 0 aliphatic heterocycles. The molecule has 1 aliphatic carbocycles. The Morgan fingerprint density at radius 3 is 2.72 bits per heavy atom. The third-order valence-corrected chi connectivity index (χ3v) is 6.61. The van der Waals surface area contributed by atoms with Gasteiger partial charge in [-0.2, -0.15) is 5.10 Å². The van der Waals surface area contributed by atoms with E-state index in [1.54, 1.807) is 10.9 Å². The summed E-state index contributed by atoms with van der Waals surface area (Å²) in [5.74, 6) is 0.576. The Kier molecular flexibility index (Phi) is 6.30. The molecule has 1 aliphatic rings. The molecule has 0 radical (unpaired) electrons. The van der Waals surface area contributed by atoms with Crippen molar-refractivity contribution in [3.8, 4) is 11.1 Å². The predicted octanol–water partition coefficient (Wildman–Crippen LogP) is 5.07. The number of anilines is 2. The molecule has 0 unspecified atom stereocenters. The van der Waals surface area contributed by atoms with E-state index in [9.17, 15) is 4.79 Å². The number of nitrogens with zero attached hydrogens (tertiary/aromatic N) is 5. The highest BCUT2D eigenvalue weighted by atomic mass is 16.2. The fraction of sp³-hybridized carbons (Fsp3) is 0.370. The van der Waals surface area contributed by atoms with E-state index in [1.165, 1.54) is 11.1 Å². The van der Waals surface area contributed by atoms with Crippen LogP contribution in [-0.4, -0.2) is 36.1 Å². The molecule has 1 amide bonds. The Balaban J connectivity index is 1.37. The largest absolute Gasteiger partial charge is 0.344 e. The zero-order valence-corrected chi connectivity index (χ0v) is 21.2. The van der Waals surface area contributed by atoms with Gasteiger partial charge >= 0.3 is 0 Å². The summed E-state index contributed by atoms with van der Waals surface area (Å²) in [6.45, 7) is 8.03. The first-order valence-electron chi connectivity index (χ1n) is 12.4. The minimum absolute atomic E-state index is 0.0532. The fourth-order valence-electron chi connectivity index (χ4n) is 4.54. The Labute approximate surface area is 210 Å². The maximum Gasteiger partial charge on any atom is 0.273 e. The average molecular weight is 485 g/mol. The summed E-state index contributed by atoms with van der Waals surface area (Å²) >= 11 is 0. The zero-order valence-electron chi connectivity index (χ0n) is 21.2. The minimum Gasteiger partial charge on any atom is -0.344 e. The van der Waals surface area contributed by atoms with Crippen LogP contribution in [0.25, 0.3) is 11.1 Å². The SMILES string of the molecule is Cc1n[nH]cc1Nc1cc(-c2ccc3c(c2)CCCC[C@H]3NC(=O)c2cn(C(C)(C)C)nn2)ccn1. The molecule has 4 aromatic rings. The normalized spacial score (nSPS) is 15.7. The van der Waals surface area contributed by atoms with Crippen molar-refractivity contribution in [1.29, 1.82) is 0 Å². The van der Waals surface area contributed by atoms with Crippen molar-refractivity contribution in [3.63, 3.8) is 0 Å². The van der Waals surface area contributed by atoms with Crippen LogP contribution in [0.4, 0.5) is 11.5 Å². The lowest BCUT2D eigenvalue weighted by Gasteiger charge is -2.20. The summed E-state index contributed by atoms with van der Waals surface area (Å²) in [6.07, 6.45) is 9.38. The van der Waals surface area contributed by atoms with Crippen LogP contribution in [0.2, 0.25) is 0 Å². The molecule has 0 fully saturated rings.